The van der Waals surface area contributed by atoms with E-state index < -0.39 is 6.04 Å². The summed E-state index contributed by atoms with van der Waals surface area (Å²) in [5.41, 5.74) is 4.64. The van der Waals surface area contributed by atoms with Gasteiger partial charge in [0.1, 0.15) is 6.04 Å². The van der Waals surface area contributed by atoms with Gasteiger partial charge in [0.25, 0.3) is 0 Å². The summed E-state index contributed by atoms with van der Waals surface area (Å²) in [4.78, 5) is 27.5. The van der Waals surface area contributed by atoms with Crippen LogP contribution in [-0.2, 0) is 21.9 Å². The van der Waals surface area contributed by atoms with Crippen molar-refractivity contribution >= 4 is 23.6 Å². The first-order valence-corrected chi connectivity index (χ1v) is 11.4. The maximum atomic E-state index is 13.1. The number of thioether (sulfide) groups is 1. The smallest absolute Gasteiger partial charge is 0.242 e. The number of hydrogen-bond donors (Lipinski definition) is 1. The number of hydrogen-bond acceptors (Lipinski definition) is 3. The number of amides is 2. The van der Waals surface area contributed by atoms with Crippen molar-refractivity contribution in [2.45, 2.75) is 52.5 Å². The summed E-state index contributed by atoms with van der Waals surface area (Å²) in [5.74, 6) is 1.06. The van der Waals surface area contributed by atoms with Crippen molar-refractivity contribution in [3.05, 3.63) is 70.8 Å². The molecule has 1 atom stereocenters. The van der Waals surface area contributed by atoms with E-state index in [2.05, 4.69) is 36.5 Å². The maximum absolute atomic E-state index is 13.1. The number of carbonyl (C=O) groups is 2. The van der Waals surface area contributed by atoms with E-state index >= 15 is 0 Å². The normalized spacial score (nSPS) is 11.7. The standard InChI is InChI=1S/C24H32N2O2S/c1-5-22(24(28)25-6-2)26(15-21-10-8-7-9-19(21)4)23(27)17-29-16-20-13-11-18(3)12-14-20/h7-14,22H,5-6,15-17H2,1-4H3,(H,25,28)/t22-/m1/s1. The summed E-state index contributed by atoms with van der Waals surface area (Å²) in [6.45, 7) is 8.97. The monoisotopic (exact) mass is 412 g/mol. The summed E-state index contributed by atoms with van der Waals surface area (Å²) in [7, 11) is 0. The zero-order valence-electron chi connectivity index (χ0n) is 17.9. The quantitative estimate of drug-likeness (QED) is 0.626. The number of nitrogens with zero attached hydrogens (tertiary/aromatic N) is 1. The predicted molar refractivity (Wildman–Crippen MR) is 122 cm³/mol. The molecular weight excluding hydrogens is 380 g/mol. The van der Waals surface area contributed by atoms with Crippen molar-refractivity contribution in [3.63, 3.8) is 0 Å². The second kappa shape index (κ2) is 11.7. The molecule has 0 bridgehead atoms. The molecule has 4 nitrogen and oxygen atoms in total. The molecule has 5 heteroatoms. The van der Waals surface area contributed by atoms with Gasteiger partial charge < -0.3 is 10.2 Å². The summed E-state index contributed by atoms with van der Waals surface area (Å²) in [6.07, 6.45) is 0.589. The van der Waals surface area contributed by atoms with Crippen LogP contribution in [0.4, 0.5) is 0 Å². The Hall–Kier alpha value is -2.27. The first-order chi connectivity index (χ1) is 14.0. The number of carbonyl (C=O) groups excluding carboxylic acids is 2. The Morgan fingerprint density at radius 1 is 1.03 bits per heavy atom. The first-order valence-electron chi connectivity index (χ1n) is 10.2. The largest absolute Gasteiger partial charge is 0.355 e. The van der Waals surface area contributed by atoms with Crippen LogP contribution in [0.1, 0.15) is 42.5 Å². The van der Waals surface area contributed by atoms with Crippen molar-refractivity contribution in [1.29, 1.82) is 0 Å². The average molecular weight is 413 g/mol. The highest BCUT2D eigenvalue weighted by molar-refractivity contribution is 7.99. The fraction of sp³-hybridized carbons (Fsp3) is 0.417. The van der Waals surface area contributed by atoms with Gasteiger partial charge in [-0.15, -0.1) is 11.8 Å². The fourth-order valence-corrected chi connectivity index (χ4v) is 4.08. The molecule has 2 amide bonds. The highest BCUT2D eigenvalue weighted by Gasteiger charge is 2.28. The van der Waals surface area contributed by atoms with Gasteiger partial charge in [0.15, 0.2) is 0 Å². The van der Waals surface area contributed by atoms with Crippen LogP contribution in [0.3, 0.4) is 0 Å². The van der Waals surface area contributed by atoms with Crippen LogP contribution in [-0.4, -0.2) is 35.1 Å². The van der Waals surface area contributed by atoms with Crippen LogP contribution < -0.4 is 5.32 Å². The number of likely N-dealkylation sites (N-methyl/N-ethyl adjacent to an activating group) is 1. The van der Waals surface area contributed by atoms with Gasteiger partial charge in [0, 0.05) is 18.8 Å². The van der Waals surface area contributed by atoms with E-state index in [0.29, 0.717) is 25.3 Å². The van der Waals surface area contributed by atoms with E-state index in [1.54, 1.807) is 16.7 Å². The van der Waals surface area contributed by atoms with E-state index in [0.717, 1.165) is 16.9 Å². The molecule has 0 aliphatic rings. The number of nitrogens with one attached hydrogen (secondary N) is 1. The Labute approximate surface area is 179 Å². The lowest BCUT2D eigenvalue weighted by molar-refractivity contribution is -0.139. The molecule has 0 aliphatic carbocycles. The lowest BCUT2D eigenvalue weighted by Gasteiger charge is -2.31. The zero-order chi connectivity index (χ0) is 21.2. The SMILES string of the molecule is CCNC(=O)[C@@H](CC)N(Cc1ccccc1C)C(=O)CSCc1ccc(C)cc1. The second-order valence-corrected chi connectivity index (χ2v) is 8.23. The van der Waals surface area contributed by atoms with Crippen LogP contribution in [0.5, 0.6) is 0 Å². The van der Waals surface area contributed by atoms with Crippen molar-refractivity contribution in [2.75, 3.05) is 12.3 Å². The van der Waals surface area contributed by atoms with Gasteiger partial charge in [-0.05, 0) is 43.9 Å². The minimum atomic E-state index is -0.456. The third-order valence-corrected chi connectivity index (χ3v) is 5.94. The van der Waals surface area contributed by atoms with Crippen LogP contribution in [0.15, 0.2) is 48.5 Å². The molecule has 2 aromatic carbocycles. The van der Waals surface area contributed by atoms with Crippen LogP contribution >= 0.6 is 11.8 Å². The van der Waals surface area contributed by atoms with Crippen LogP contribution in [0.25, 0.3) is 0 Å². The zero-order valence-corrected chi connectivity index (χ0v) is 18.7. The fourth-order valence-electron chi connectivity index (χ4n) is 3.21. The highest BCUT2D eigenvalue weighted by atomic mass is 32.2. The second-order valence-electron chi connectivity index (χ2n) is 7.25. The van der Waals surface area contributed by atoms with E-state index in [-0.39, 0.29) is 11.8 Å². The van der Waals surface area contributed by atoms with Crippen molar-refractivity contribution in [1.82, 2.24) is 10.2 Å². The van der Waals surface area contributed by atoms with E-state index in [1.165, 1.54) is 11.1 Å². The van der Waals surface area contributed by atoms with Crippen LogP contribution in [0.2, 0.25) is 0 Å². The molecule has 2 rings (SSSR count). The van der Waals surface area contributed by atoms with Gasteiger partial charge in [-0.2, -0.15) is 0 Å². The van der Waals surface area contributed by atoms with Gasteiger partial charge in [-0.25, -0.2) is 0 Å². The Kier molecular flexibility index (Phi) is 9.26. The molecule has 0 saturated carbocycles. The Bertz CT molecular complexity index is 805. The lowest BCUT2D eigenvalue weighted by Crippen LogP contribution is -2.49. The molecular formula is C24H32N2O2S. The molecule has 0 heterocycles. The maximum Gasteiger partial charge on any atom is 0.242 e. The third-order valence-electron chi connectivity index (χ3n) is 4.95. The Morgan fingerprint density at radius 3 is 2.34 bits per heavy atom. The van der Waals surface area contributed by atoms with Gasteiger partial charge in [0.2, 0.25) is 11.8 Å². The average Bonchev–Trinajstić information content (AvgIpc) is 2.71. The molecule has 29 heavy (non-hydrogen) atoms. The van der Waals surface area contributed by atoms with Crippen molar-refractivity contribution in [3.8, 4) is 0 Å². The van der Waals surface area contributed by atoms with Crippen molar-refractivity contribution < 1.29 is 9.59 Å². The molecule has 156 valence electrons. The predicted octanol–water partition coefficient (Wildman–Crippen LogP) is 4.48. The first kappa shape index (κ1) is 23.0. The number of benzene rings is 2. The molecule has 0 spiro atoms. The number of rotatable bonds is 10. The molecule has 0 radical (unpaired) electrons. The Morgan fingerprint density at radius 2 is 1.72 bits per heavy atom. The molecule has 0 aliphatic heterocycles. The summed E-state index contributed by atoms with van der Waals surface area (Å²) in [6, 6.07) is 15.9. The number of aryl methyl sites for hydroxylation is 2. The molecule has 0 aromatic heterocycles. The van der Waals surface area contributed by atoms with Gasteiger partial charge >= 0.3 is 0 Å². The molecule has 2 aromatic rings. The minimum Gasteiger partial charge on any atom is -0.355 e. The Balaban J connectivity index is 2.11. The van der Waals surface area contributed by atoms with Crippen LogP contribution in [0, 0.1) is 13.8 Å². The molecule has 0 unspecified atom stereocenters. The molecule has 0 fully saturated rings. The molecule has 0 saturated heterocycles. The minimum absolute atomic E-state index is 0.00321. The van der Waals surface area contributed by atoms with Crippen molar-refractivity contribution in [2.24, 2.45) is 0 Å². The lowest BCUT2D eigenvalue weighted by atomic mass is 10.1. The van der Waals surface area contributed by atoms with Gasteiger partial charge in [-0.3, -0.25) is 9.59 Å². The van der Waals surface area contributed by atoms with E-state index in [9.17, 15) is 9.59 Å². The van der Waals surface area contributed by atoms with E-state index in [1.807, 2.05) is 45.0 Å². The summed E-state index contributed by atoms with van der Waals surface area (Å²) < 4.78 is 0. The van der Waals surface area contributed by atoms with E-state index in [4.69, 9.17) is 0 Å². The van der Waals surface area contributed by atoms with Gasteiger partial charge in [0.05, 0.1) is 5.75 Å². The summed E-state index contributed by atoms with van der Waals surface area (Å²) >= 11 is 1.59. The molecule has 1 N–H and O–H groups in total. The summed E-state index contributed by atoms with van der Waals surface area (Å²) in [5, 5.41) is 2.88. The van der Waals surface area contributed by atoms with Gasteiger partial charge in [-0.1, -0.05) is 61.0 Å². The third kappa shape index (κ3) is 6.93. The topological polar surface area (TPSA) is 49.4 Å². The highest BCUT2D eigenvalue weighted by Crippen LogP contribution is 2.19.